The topological polar surface area (TPSA) is 9.72 Å². The molecule has 0 fully saturated rings. The molecule has 0 heterocycles. The van der Waals surface area contributed by atoms with Crippen LogP contribution in [0.5, 0.6) is 0 Å². The van der Waals surface area contributed by atoms with Crippen molar-refractivity contribution in [2.24, 2.45) is 0 Å². The molecule has 3 nitrogen and oxygen atoms in total. The molecule has 6 heteroatoms. The molecule has 0 saturated heterocycles. The van der Waals surface area contributed by atoms with Crippen molar-refractivity contribution in [1.82, 2.24) is 0 Å². The number of rotatable bonds is 15. The third-order valence-corrected chi connectivity index (χ3v) is 16.7. The minimum absolute atomic E-state index is 0.547. The summed E-state index contributed by atoms with van der Waals surface area (Å²) in [4.78, 5) is 6.57. The molecule has 0 unspecified atom stereocenters. The van der Waals surface area contributed by atoms with Crippen LogP contribution in [-0.4, -0.2) is 0 Å². The molecular weight excluding hydrogens is 1170 g/mol. The summed E-state index contributed by atoms with van der Waals surface area (Å²) in [6.45, 7) is 0. The lowest BCUT2D eigenvalue weighted by molar-refractivity contribution is 1.19. The minimum Gasteiger partial charge on any atom is -0.309 e. The van der Waals surface area contributed by atoms with E-state index in [-0.39, 0.29) is 0 Å². The maximum atomic E-state index is 7.53. The Bertz CT molecular complexity index is 4360. The van der Waals surface area contributed by atoms with Crippen molar-refractivity contribution in [2.75, 3.05) is 14.7 Å². The van der Waals surface area contributed by atoms with Crippen LogP contribution in [0.2, 0.25) is 15.1 Å². The van der Waals surface area contributed by atoms with E-state index in [4.69, 9.17) is 34.8 Å². The van der Waals surface area contributed by atoms with Gasteiger partial charge in [-0.3, -0.25) is 0 Å². The van der Waals surface area contributed by atoms with Crippen LogP contribution in [0.3, 0.4) is 0 Å². The van der Waals surface area contributed by atoms with E-state index < -0.39 is 0 Å². The van der Waals surface area contributed by atoms with Crippen LogP contribution in [-0.2, 0) is 6.42 Å². The zero-order valence-corrected chi connectivity index (χ0v) is 52.2. The van der Waals surface area contributed by atoms with Crippen LogP contribution in [0.25, 0.3) is 44.5 Å². The van der Waals surface area contributed by atoms with Gasteiger partial charge in [0.1, 0.15) is 0 Å². The van der Waals surface area contributed by atoms with Crippen LogP contribution in [0.4, 0.5) is 51.2 Å². The Morgan fingerprint density at radius 2 is 0.440 bits per heavy atom. The van der Waals surface area contributed by atoms with Crippen molar-refractivity contribution in [1.29, 1.82) is 0 Å². The lowest BCUT2D eigenvalue weighted by atomic mass is 9.93. The third-order valence-electron chi connectivity index (χ3n) is 15.5. The molecule has 0 aliphatic rings. The summed E-state index contributed by atoms with van der Waals surface area (Å²) in [6.07, 6.45) is 0.946. The van der Waals surface area contributed by atoms with Gasteiger partial charge in [-0.1, -0.05) is 302 Å². The highest BCUT2D eigenvalue weighted by Crippen LogP contribution is 2.48. The largest absolute Gasteiger partial charge is 0.309 e. The van der Waals surface area contributed by atoms with Gasteiger partial charge in [-0.25, -0.2) is 0 Å². The first-order valence-electron chi connectivity index (χ1n) is 30.3. The van der Waals surface area contributed by atoms with Gasteiger partial charge in [0, 0.05) is 34.1 Å². The molecule has 0 radical (unpaired) electrons. The van der Waals surface area contributed by atoms with Gasteiger partial charge in [-0.05, 0) is 171 Å². The molecule has 14 aromatic carbocycles. The second-order valence-corrected chi connectivity index (χ2v) is 22.8. The summed E-state index contributed by atoms with van der Waals surface area (Å²) in [7, 11) is 0. The van der Waals surface area contributed by atoms with Gasteiger partial charge in [-0.2, -0.15) is 0 Å². The number of benzene rings is 14. The van der Waals surface area contributed by atoms with Crippen molar-refractivity contribution >= 4 is 86.0 Å². The predicted molar refractivity (Wildman–Crippen MR) is 389 cm³/mol. The summed E-state index contributed by atoms with van der Waals surface area (Å²) in [5, 5.41) is 1.75. The highest BCUT2D eigenvalue weighted by molar-refractivity contribution is 6.44. The molecule has 14 aromatic rings. The molecule has 0 aromatic heterocycles. The standard InChI is InChI=1S/C42H31ClN2.C25H20.C18H13Cl2N/c43-42-40(44(36-21-10-3-11-22-36)37-23-12-4-13-24-37)27-16-28-41(42)45(38-25-14-5-15-26-38)39-30-34(32-17-6-1-7-18-32)29-35(31-39)33-19-8-2-9-20-33;1-4-10-20(11-5-1)16-21-17-24(22-12-6-2-7-13-22)19-25(18-21)23-14-8-3-9-15-23;19-16-12-7-13-17(18(16)20)21(14-8-3-1-4-9-14)15-10-5-2-6-11-15/h1-31H;1-15,17-19H,16H2;1-13H. The van der Waals surface area contributed by atoms with Gasteiger partial charge in [0.15, 0.2) is 0 Å². The molecule has 0 saturated carbocycles. The van der Waals surface area contributed by atoms with Gasteiger partial charge in [0.25, 0.3) is 0 Å². The molecule has 0 aliphatic heterocycles. The molecule has 0 N–H and O–H groups in total. The van der Waals surface area contributed by atoms with Gasteiger partial charge in [-0.15, -0.1) is 0 Å². The highest BCUT2D eigenvalue weighted by atomic mass is 35.5. The van der Waals surface area contributed by atoms with Crippen LogP contribution in [0, 0.1) is 0 Å². The van der Waals surface area contributed by atoms with Gasteiger partial charge in [0.05, 0.1) is 32.1 Å². The Morgan fingerprint density at radius 1 is 0.187 bits per heavy atom. The summed E-state index contributed by atoms with van der Waals surface area (Å²) in [5.41, 5.74) is 21.1. The quantitative estimate of drug-likeness (QED) is 0.101. The van der Waals surface area contributed by atoms with E-state index in [1.807, 2.05) is 91.0 Å². The maximum Gasteiger partial charge on any atom is 0.0887 e. The maximum absolute atomic E-state index is 7.53. The number of para-hydroxylation sites is 5. The van der Waals surface area contributed by atoms with Gasteiger partial charge < -0.3 is 14.7 Å². The molecule has 91 heavy (non-hydrogen) atoms. The fourth-order valence-corrected chi connectivity index (χ4v) is 11.9. The number of nitrogens with zero attached hydrogens (tertiary/aromatic N) is 3. The summed E-state index contributed by atoms with van der Waals surface area (Å²) < 4.78 is 0. The van der Waals surface area contributed by atoms with E-state index >= 15 is 0 Å². The molecule has 0 spiro atoms. The summed E-state index contributed by atoms with van der Waals surface area (Å²) in [5.74, 6) is 0. The number of hydrogen-bond donors (Lipinski definition) is 0. The molecule has 0 bridgehead atoms. The average Bonchev–Trinajstić information content (AvgIpc) is 2.84. The molecule has 0 atom stereocenters. The SMILES string of the molecule is Clc1c(N(c2ccccc2)c2ccccc2)cccc1N(c1ccccc1)c1cc(-c2ccccc2)cc(-c2ccccc2)c1.Clc1cccc(N(c2ccccc2)c2ccccc2)c1Cl.c1ccc(Cc2cc(-c3ccccc3)cc(-c3ccccc3)c2)cc1. The molecule has 440 valence electrons. The lowest BCUT2D eigenvalue weighted by Gasteiger charge is -2.31. The van der Waals surface area contributed by atoms with Crippen molar-refractivity contribution in [2.45, 2.75) is 6.42 Å². The first-order valence-corrected chi connectivity index (χ1v) is 31.5. The van der Waals surface area contributed by atoms with E-state index in [1.165, 1.54) is 33.4 Å². The highest BCUT2D eigenvalue weighted by Gasteiger charge is 2.24. The van der Waals surface area contributed by atoms with Crippen LogP contribution in [0.15, 0.2) is 376 Å². The smallest absolute Gasteiger partial charge is 0.0887 e. The second kappa shape index (κ2) is 30.0. The zero-order valence-electron chi connectivity index (χ0n) is 50.0. The average molecular weight is 1230 g/mol. The molecular formula is C85H64Cl3N3. The van der Waals surface area contributed by atoms with Gasteiger partial charge in [0.2, 0.25) is 0 Å². The molecule has 0 amide bonds. The van der Waals surface area contributed by atoms with Crippen molar-refractivity contribution in [3.63, 3.8) is 0 Å². The summed E-state index contributed by atoms with van der Waals surface area (Å²) >= 11 is 20.1. The van der Waals surface area contributed by atoms with Crippen LogP contribution >= 0.6 is 34.8 Å². The van der Waals surface area contributed by atoms with E-state index in [0.717, 1.165) is 79.9 Å². The number of anilines is 9. The van der Waals surface area contributed by atoms with Crippen molar-refractivity contribution in [3.8, 4) is 44.5 Å². The normalized spacial score (nSPS) is 10.6. The Balaban J connectivity index is 0.000000146. The predicted octanol–water partition coefficient (Wildman–Crippen LogP) is 25.7. The Hall–Kier alpha value is -10.7. The number of halogens is 3. The Morgan fingerprint density at radius 3 is 0.758 bits per heavy atom. The first-order chi connectivity index (χ1) is 44.9. The second-order valence-electron chi connectivity index (χ2n) is 21.7. The fourth-order valence-electron chi connectivity index (χ4n) is 11.2. The van der Waals surface area contributed by atoms with Gasteiger partial charge >= 0.3 is 0 Å². The summed E-state index contributed by atoms with van der Waals surface area (Å²) in [6, 6.07) is 130. The van der Waals surface area contributed by atoms with Crippen molar-refractivity contribution in [3.05, 3.63) is 402 Å². The monoisotopic (exact) mass is 1230 g/mol. The number of hydrogen-bond acceptors (Lipinski definition) is 3. The lowest BCUT2D eigenvalue weighted by Crippen LogP contribution is -2.14. The fraction of sp³-hybridized carbons (Fsp3) is 0.0118. The van der Waals surface area contributed by atoms with E-state index in [9.17, 15) is 0 Å². The zero-order chi connectivity index (χ0) is 62.0. The van der Waals surface area contributed by atoms with Crippen molar-refractivity contribution < 1.29 is 0 Å². The van der Waals surface area contributed by atoms with E-state index in [0.29, 0.717) is 15.1 Å². The molecule has 14 rings (SSSR count). The Labute approximate surface area is 550 Å². The third kappa shape index (κ3) is 15.1. The first kappa shape index (κ1) is 60.6. The van der Waals surface area contributed by atoms with E-state index in [2.05, 4.69) is 294 Å². The van der Waals surface area contributed by atoms with Crippen LogP contribution < -0.4 is 14.7 Å². The van der Waals surface area contributed by atoms with Crippen LogP contribution in [0.1, 0.15) is 11.1 Å². The van der Waals surface area contributed by atoms with E-state index in [1.54, 1.807) is 6.07 Å². The molecule has 0 aliphatic carbocycles. The minimum atomic E-state index is 0.547. The Kier molecular flexibility index (Phi) is 20.0.